The Hall–Kier alpha value is -0.490. The molecule has 0 saturated carbocycles. The lowest BCUT2D eigenvalue weighted by atomic mass is 10.4. The number of rotatable bonds is 4. The molecule has 1 saturated heterocycles. The molecule has 0 radical (unpaired) electrons. The van der Waals surface area contributed by atoms with Gasteiger partial charge in [-0.15, -0.1) is 22.7 Å². The van der Waals surface area contributed by atoms with E-state index in [4.69, 9.17) is 11.6 Å². The van der Waals surface area contributed by atoms with Crippen molar-refractivity contribution in [3.63, 3.8) is 0 Å². The predicted molar refractivity (Wildman–Crippen MR) is 91.2 cm³/mol. The first-order valence-electron chi connectivity index (χ1n) is 6.61. The minimum absolute atomic E-state index is 0.127. The van der Waals surface area contributed by atoms with Crippen LogP contribution in [0.1, 0.15) is 0 Å². The van der Waals surface area contributed by atoms with E-state index < -0.39 is 20.0 Å². The number of halogens is 1. The summed E-state index contributed by atoms with van der Waals surface area (Å²) in [5.41, 5.74) is 0. The Bertz CT molecular complexity index is 881. The molecule has 2 aromatic rings. The third-order valence-electron chi connectivity index (χ3n) is 3.43. The van der Waals surface area contributed by atoms with Crippen molar-refractivity contribution < 1.29 is 16.8 Å². The summed E-state index contributed by atoms with van der Waals surface area (Å²) in [4.78, 5) is 0. The van der Waals surface area contributed by atoms with Crippen LogP contribution in [0, 0.1) is 0 Å². The van der Waals surface area contributed by atoms with E-state index in [9.17, 15) is 16.8 Å². The SMILES string of the molecule is O=S(=O)(c1cccs1)N1CCN(S(=O)(=O)c2ccc(Cl)s2)CC1. The standard InChI is InChI=1S/C12H13ClN2O4S4/c13-10-3-4-12(21-10)23(18,19)15-7-5-14(6-8-15)22(16,17)11-2-1-9-20-11/h1-4,9H,5-8H2. The zero-order chi connectivity index (χ0) is 16.7. The minimum Gasteiger partial charge on any atom is -0.206 e. The maximum absolute atomic E-state index is 12.5. The molecule has 1 aliphatic rings. The van der Waals surface area contributed by atoms with Gasteiger partial charge in [-0.1, -0.05) is 17.7 Å². The normalized spacial score (nSPS) is 18.3. The van der Waals surface area contributed by atoms with Gasteiger partial charge in [0, 0.05) is 26.2 Å². The zero-order valence-corrected chi connectivity index (χ0v) is 15.8. The Morgan fingerprint density at radius 3 is 1.87 bits per heavy atom. The molecule has 0 atom stereocenters. The number of hydrogen-bond donors (Lipinski definition) is 0. The maximum Gasteiger partial charge on any atom is 0.252 e. The van der Waals surface area contributed by atoms with E-state index in [-0.39, 0.29) is 34.6 Å². The summed E-state index contributed by atoms with van der Waals surface area (Å²) < 4.78 is 53.3. The molecule has 1 aliphatic heterocycles. The van der Waals surface area contributed by atoms with E-state index in [0.717, 1.165) is 22.7 Å². The summed E-state index contributed by atoms with van der Waals surface area (Å²) in [5.74, 6) is 0. The summed E-state index contributed by atoms with van der Waals surface area (Å²) in [6.45, 7) is 0.530. The fourth-order valence-corrected chi connectivity index (χ4v) is 7.88. The molecule has 3 rings (SSSR count). The highest BCUT2D eigenvalue weighted by molar-refractivity contribution is 7.91. The van der Waals surface area contributed by atoms with Crippen LogP contribution < -0.4 is 0 Å². The Morgan fingerprint density at radius 1 is 0.870 bits per heavy atom. The van der Waals surface area contributed by atoms with Crippen LogP contribution in [0.15, 0.2) is 38.1 Å². The second kappa shape index (κ2) is 6.43. The van der Waals surface area contributed by atoms with Gasteiger partial charge in [0.2, 0.25) is 0 Å². The molecule has 11 heteroatoms. The van der Waals surface area contributed by atoms with Crippen LogP contribution >= 0.6 is 34.3 Å². The van der Waals surface area contributed by atoms with E-state index >= 15 is 0 Å². The molecule has 6 nitrogen and oxygen atoms in total. The van der Waals surface area contributed by atoms with E-state index in [1.807, 2.05) is 0 Å². The van der Waals surface area contributed by atoms with Gasteiger partial charge < -0.3 is 0 Å². The first-order valence-corrected chi connectivity index (χ1v) is 11.6. The zero-order valence-electron chi connectivity index (χ0n) is 11.8. The lowest BCUT2D eigenvalue weighted by molar-refractivity contribution is 0.273. The fourth-order valence-electron chi connectivity index (χ4n) is 2.25. The second-order valence-electron chi connectivity index (χ2n) is 4.80. The molecule has 3 heterocycles. The second-order valence-corrected chi connectivity index (χ2v) is 11.8. The van der Waals surface area contributed by atoms with Gasteiger partial charge in [-0.05, 0) is 23.6 Å². The highest BCUT2D eigenvalue weighted by Crippen LogP contribution is 2.29. The molecule has 126 valence electrons. The molecular formula is C12H13ClN2O4S4. The number of sulfonamides is 2. The van der Waals surface area contributed by atoms with E-state index in [1.165, 1.54) is 20.7 Å². The van der Waals surface area contributed by atoms with Gasteiger partial charge in [0.15, 0.2) is 0 Å². The van der Waals surface area contributed by atoms with Crippen molar-refractivity contribution in [2.45, 2.75) is 8.42 Å². The summed E-state index contributed by atoms with van der Waals surface area (Å²) in [6, 6.07) is 6.24. The van der Waals surface area contributed by atoms with Crippen LogP contribution in [0.4, 0.5) is 0 Å². The van der Waals surface area contributed by atoms with Gasteiger partial charge in [0.1, 0.15) is 8.42 Å². The Balaban J connectivity index is 1.74. The van der Waals surface area contributed by atoms with Crippen LogP contribution in [0.25, 0.3) is 0 Å². The third-order valence-corrected chi connectivity index (χ3v) is 10.3. The summed E-state index contributed by atoms with van der Waals surface area (Å²) in [5, 5.41) is 1.70. The number of nitrogens with zero attached hydrogens (tertiary/aromatic N) is 2. The van der Waals surface area contributed by atoms with E-state index in [1.54, 1.807) is 17.5 Å². The molecule has 0 amide bonds. The number of thiophene rings is 2. The molecule has 0 N–H and O–H groups in total. The maximum atomic E-state index is 12.5. The summed E-state index contributed by atoms with van der Waals surface area (Å²) >= 11 is 7.95. The number of piperazine rings is 1. The Morgan fingerprint density at radius 2 is 1.43 bits per heavy atom. The molecule has 0 unspecified atom stereocenters. The van der Waals surface area contributed by atoms with Gasteiger partial charge in [0.25, 0.3) is 20.0 Å². The van der Waals surface area contributed by atoms with Gasteiger partial charge >= 0.3 is 0 Å². The van der Waals surface area contributed by atoms with Crippen molar-refractivity contribution in [3.05, 3.63) is 34.0 Å². The smallest absolute Gasteiger partial charge is 0.206 e. The first kappa shape index (κ1) is 17.3. The summed E-state index contributed by atoms with van der Waals surface area (Å²) in [6.07, 6.45) is 0. The number of hydrogen-bond acceptors (Lipinski definition) is 6. The van der Waals surface area contributed by atoms with Crippen molar-refractivity contribution in [1.29, 1.82) is 0 Å². The average molecular weight is 413 g/mol. The molecule has 23 heavy (non-hydrogen) atoms. The molecule has 1 fully saturated rings. The largest absolute Gasteiger partial charge is 0.252 e. The Kier molecular flexibility index (Phi) is 4.85. The van der Waals surface area contributed by atoms with Crippen molar-refractivity contribution in [1.82, 2.24) is 8.61 Å². The van der Waals surface area contributed by atoms with E-state index in [0.29, 0.717) is 4.34 Å². The minimum atomic E-state index is -3.62. The molecular weight excluding hydrogens is 400 g/mol. The van der Waals surface area contributed by atoms with Gasteiger partial charge in [0.05, 0.1) is 4.34 Å². The molecule has 0 aromatic carbocycles. The van der Waals surface area contributed by atoms with E-state index in [2.05, 4.69) is 0 Å². The molecule has 0 bridgehead atoms. The lowest BCUT2D eigenvalue weighted by Crippen LogP contribution is -2.50. The average Bonchev–Trinajstić information content (AvgIpc) is 3.19. The topological polar surface area (TPSA) is 74.8 Å². The van der Waals surface area contributed by atoms with Crippen molar-refractivity contribution in [2.24, 2.45) is 0 Å². The van der Waals surface area contributed by atoms with Gasteiger partial charge in [-0.3, -0.25) is 0 Å². The van der Waals surface area contributed by atoms with Gasteiger partial charge in [-0.25, -0.2) is 16.8 Å². The lowest BCUT2D eigenvalue weighted by Gasteiger charge is -2.32. The summed E-state index contributed by atoms with van der Waals surface area (Å²) in [7, 11) is -7.15. The predicted octanol–water partition coefficient (Wildman–Crippen LogP) is 2.16. The van der Waals surface area contributed by atoms with Crippen LogP contribution in [-0.2, 0) is 20.0 Å². The van der Waals surface area contributed by atoms with Gasteiger partial charge in [-0.2, -0.15) is 8.61 Å². The van der Waals surface area contributed by atoms with Crippen LogP contribution in [0.2, 0.25) is 4.34 Å². The highest BCUT2D eigenvalue weighted by Gasteiger charge is 2.34. The van der Waals surface area contributed by atoms with Crippen molar-refractivity contribution in [2.75, 3.05) is 26.2 Å². The third kappa shape index (κ3) is 3.34. The van der Waals surface area contributed by atoms with Crippen molar-refractivity contribution >= 4 is 54.3 Å². The highest BCUT2D eigenvalue weighted by atomic mass is 35.5. The fraction of sp³-hybridized carbons (Fsp3) is 0.333. The molecule has 0 aliphatic carbocycles. The first-order chi connectivity index (χ1) is 10.8. The van der Waals surface area contributed by atoms with Crippen molar-refractivity contribution in [3.8, 4) is 0 Å². The monoisotopic (exact) mass is 412 g/mol. The van der Waals surface area contributed by atoms with Crippen LogP contribution in [0.5, 0.6) is 0 Å². The Labute approximate surface area is 148 Å². The molecule has 2 aromatic heterocycles. The van der Waals surface area contributed by atoms with Crippen LogP contribution in [0.3, 0.4) is 0 Å². The van der Waals surface area contributed by atoms with Crippen LogP contribution in [-0.4, -0.2) is 51.6 Å². The molecule has 0 spiro atoms. The quantitative estimate of drug-likeness (QED) is 0.771.